The molecule has 3 rings (SSSR count). The molecule has 0 radical (unpaired) electrons. The Balaban J connectivity index is 2.07. The van der Waals surface area contributed by atoms with Crippen LogP contribution in [0.25, 0.3) is 0 Å². The van der Waals surface area contributed by atoms with Crippen molar-refractivity contribution in [3.8, 4) is 0 Å². The average molecular weight is 556 g/mol. The van der Waals surface area contributed by atoms with Gasteiger partial charge in [0.1, 0.15) is 12.6 Å². The highest BCUT2D eigenvalue weighted by Crippen LogP contribution is 2.30. The normalized spacial score (nSPS) is 12.1. The number of hydrogen-bond donors (Lipinski definition) is 1. The largest absolute Gasteiger partial charge is 0.355 e. The molecule has 3 aromatic rings. The van der Waals surface area contributed by atoms with Gasteiger partial charge in [-0.05, 0) is 70.0 Å². The van der Waals surface area contributed by atoms with Crippen LogP contribution in [0, 0.1) is 20.8 Å². The molecular weight excluding hydrogens is 522 g/mol. The van der Waals surface area contributed by atoms with E-state index in [1.54, 1.807) is 45.0 Å². The third-order valence-corrected chi connectivity index (χ3v) is 8.33. The van der Waals surface area contributed by atoms with Gasteiger partial charge in [-0.15, -0.1) is 0 Å². The third kappa shape index (κ3) is 6.94. The number of hydrogen-bond acceptors (Lipinski definition) is 4. The molecule has 0 bridgehead atoms. The van der Waals surface area contributed by atoms with E-state index in [2.05, 4.69) is 5.32 Å². The minimum Gasteiger partial charge on any atom is -0.355 e. The van der Waals surface area contributed by atoms with Gasteiger partial charge >= 0.3 is 0 Å². The second kappa shape index (κ2) is 12.5. The topological polar surface area (TPSA) is 86.8 Å². The molecule has 0 aromatic heterocycles. The molecule has 0 saturated heterocycles. The Morgan fingerprint density at radius 3 is 2.08 bits per heavy atom. The van der Waals surface area contributed by atoms with Gasteiger partial charge in [0.2, 0.25) is 11.8 Å². The van der Waals surface area contributed by atoms with Crippen LogP contribution >= 0.6 is 11.6 Å². The molecule has 2 amide bonds. The van der Waals surface area contributed by atoms with E-state index in [1.807, 2.05) is 38.1 Å². The zero-order valence-electron chi connectivity index (χ0n) is 22.4. The summed E-state index contributed by atoms with van der Waals surface area (Å²) in [5.74, 6) is -0.834. The van der Waals surface area contributed by atoms with Crippen molar-refractivity contribution in [3.05, 3.63) is 94.0 Å². The van der Waals surface area contributed by atoms with Crippen molar-refractivity contribution in [2.24, 2.45) is 0 Å². The highest BCUT2D eigenvalue weighted by Gasteiger charge is 2.33. The first-order chi connectivity index (χ1) is 17.9. The standard InChI is InChI=1S/C29H34ClN3O4S/c1-6-31-29(35)23(5)32(18-24-12-7-20(2)8-13-24)28(34)19-33(27-17-25(30)14-11-22(27)4)38(36,37)26-15-9-21(3)10-16-26/h7-17,23H,6,18-19H2,1-5H3,(H,31,35)/t23-/m1/s1. The first kappa shape index (κ1) is 29.2. The Morgan fingerprint density at radius 2 is 1.50 bits per heavy atom. The smallest absolute Gasteiger partial charge is 0.264 e. The van der Waals surface area contributed by atoms with Crippen LogP contribution in [0.15, 0.2) is 71.6 Å². The summed E-state index contributed by atoms with van der Waals surface area (Å²) in [6.07, 6.45) is 0. The maximum atomic E-state index is 13.9. The maximum absolute atomic E-state index is 13.9. The van der Waals surface area contributed by atoms with Crippen molar-refractivity contribution >= 4 is 39.1 Å². The number of amides is 2. The fourth-order valence-electron chi connectivity index (χ4n) is 4.00. The number of nitrogens with zero attached hydrogens (tertiary/aromatic N) is 2. The minimum atomic E-state index is -4.15. The lowest BCUT2D eigenvalue weighted by Gasteiger charge is -2.32. The number of rotatable bonds is 10. The predicted octanol–water partition coefficient (Wildman–Crippen LogP) is 5.01. The molecule has 0 heterocycles. The lowest BCUT2D eigenvalue weighted by atomic mass is 10.1. The van der Waals surface area contributed by atoms with Crippen LogP contribution < -0.4 is 9.62 Å². The summed E-state index contributed by atoms with van der Waals surface area (Å²) in [4.78, 5) is 28.1. The van der Waals surface area contributed by atoms with Gasteiger partial charge in [0.15, 0.2) is 0 Å². The third-order valence-electron chi connectivity index (χ3n) is 6.32. The van der Waals surface area contributed by atoms with E-state index in [9.17, 15) is 18.0 Å². The highest BCUT2D eigenvalue weighted by atomic mass is 35.5. The SMILES string of the molecule is CCNC(=O)[C@@H](C)N(Cc1ccc(C)cc1)C(=O)CN(c1cc(Cl)ccc1C)S(=O)(=O)c1ccc(C)cc1. The Morgan fingerprint density at radius 1 is 0.921 bits per heavy atom. The number of carbonyl (C=O) groups excluding carboxylic acids is 2. The number of aryl methyl sites for hydroxylation is 3. The lowest BCUT2D eigenvalue weighted by molar-refractivity contribution is -0.139. The van der Waals surface area contributed by atoms with Gasteiger partial charge in [0.05, 0.1) is 10.6 Å². The molecular formula is C29H34ClN3O4S. The summed E-state index contributed by atoms with van der Waals surface area (Å²) in [6, 6.07) is 18.2. The number of carbonyl (C=O) groups is 2. The van der Waals surface area contributed by atoms with Gasteiger partial charge in [-0.2, -0.15) is 0 Å². The molecule has 0 aliphatic heterocycles. The van der Waals surface area contributed by atoms with Crippen LogP contribution in [0.5, 0.6) is 0 Å². The van der Waals surface area contributed by atoms with Crippen LogP contribution in [0.4, 0.5) is 5.69 Å². The summed E-state index contributed by atoms with van der Waals surface area (Å²) < 4.78 is 28.9. The van der Waals surface area contributed by atoms with Gasteiger partial charge in [-0.1, -0.05) is 65.2 Å². The van der Waals surface area contributed by atoms with E-state index < -0.39 is 28.5 Å². The summed E-state index contributed by atoms with van der Waals surface area (Å²) in [7, 11) is -4.15. The van der Waals surface area contributed by atoms with Crippen LogP contribution in [0.1, 0.15) is 36.1 Å². The number of anilines is 1. The quantitative estimate of drug-likeness (QED) is 0.381. The van der Waals surface area contributed by atoms with Crippen LogP contribution in [-0.4, -0.2) is 44.3 Å². The van der Waals surface area contributed by atoms with Gasteiger partial charge in [-0.25, -0.2) is 8.42 Å². The van der Waals surface area contributed by atoms with Crippen molar-refractivity contribution in [3.63, 3.8) is 0 Å². The molecule has 38 heavy (non-hydrogen) atoms. The van der Waals surface area contributed by atoms with Crippen molar-refractivity contribution in [2.75, 3.05) is 17.4 Å². The molecule has 0 unspecified atom stereocenters. The molecule has 1 atom stereocenters. The molecule has 1 N–H and O–H groups in total. The summed E-state index contributed by atoms with van der Waals surface area (Å²) in [5, 5.41) is 3.10. The predicted molar refractivity (Wildman–Crippen MR) is 152 cm³/mol. The van der Waals surface area contributed by atoms with Crippen molar-refractivity contribution in [1.82, 2.24) is 10.2 Å². The number of likely N-dealkylation sites (N-methyl/N-ethyl adjacent to an activating group) is 1. The molecule has 202 valence electrons. The van der Waals surface area contributed by atoms with Crippen molar-refractivity contribution in [1.29, 1.82) is 0 Å². The zero-order chi connectivity index (χ0) is 28.0. The monoisotopic (exact) mass is 555 g/mol. The molecule has 0 fully saturated rings. The second-order valence-electron chi connectivity index (χ2n) is 9.33. The molecule has 0 aliphatic carbocycles. The van der Waals surface area contributed by atoms with Gasteiger partial charge in [0.25, 0.3) is 10.0 Å². The van der Waals surface area contributed by atoms with E-state index in [0.717, 1.165) is 21.0 Å². The molecule has 0 aliphatic rings. The van der Waals surface area contributed by atoms with Crippen LogP contribution in [-0.2, 0) is 26.2 Å². The zero-order valence-corrected chi connectivity index (χ0v) is 23.9. The van der Waals surface area contributed by atoms with E-state index in [4.69, 9.17) is 11.6 Å². The Labute approximate surface area is 230 Å². The number of nitrogens with one attached hydrogen (secondary N) is 1. The van der Waals surface area contributed by atoms with Crippen LogP contribution in [0.3, 0.4) is 0 Å². The van der Waals surface area contributed by atoms with E-state index in [1.165, 1.54) is 23.1 Å². The second-order valence-corrected chi connectivity index (χ2v) is 11.6. The molecule has 0 saturated carbocycles. The highest BCUT2D eigenvalue weighted by molar-refractivity contribution is 7.92. The minimum absolute atomic E-state index is 0.0529. The summed E-state index contributed by atoms with van der Waals surface area (Å²) in [5.41, 5.74) is 3.74. The fraction of sp³-hybridized carbons (Fsp3) is 0.310. The first-order valence-electron chi connectivity index (χ1n) is 12.4. The molecule has 9 heteroatoms. The Hall–Kier alpha value is -3.36. The molecule has 7 nitrogen and oxygen atoms in total. The number of sulfonamides is 1. The van der Waals surface area contributed by atoms with E-state index >= 15 is 0 Å². The van der Waals surface area contributed by atoms with Crippen LogP contribution in [0.2, 0.25) is 5.02 Å². The maximum Gasteiger partial charge on any atom is 0.264 e. The van der Waals surface area contributed by atoms with E-state index in [0.29, 0.717) is 22.8 Å². The van der Waals surface area contributed by atoms with Crippen molar-refractivity contribution in [2.45, 2.75) is 52.1 Å². The Bertz CT molecular complexity index is 1390. The molecule has 3 aromatic carbocycles. The van der Waals surface area contributed by atoms with Gasteiger partial charge < -0.3 is 10.2 Å². The lowest BCUT2D eigenvalue weighted by Crippen LogP contribution is -2.51. The fourth-order valence-corrected chi connectivity index (χ4v) is 5.63. The number of halogens is 1. The summed E-state index contributed by atoms with van der Waals surface area (Å²) >= 11 is 6.25. The average Bonchev–Trinajstić information content (AvgIpc) is 2.88. The first-order valence-corrected chi connectivity index (χ1v) is 14.2. The van der Waals surface area contributed by atoms with Gasteiger partial charge in [-0.3, -0.25) is 13.9 Å². The van der Waals surface area contributed by atoms with Gasteiger partial charge in [0, 0.05) is 18.1 Å². The summed E-state index contributed by atoms with van der Waals surface area (Å²) in [6.45, 7) is 9.07. The van der Waals surface area contributed by atoms with E-state index in [-0.39, 0.29) is 17.3 Å². The number of benzene rings is 3. The molecule has 0 spiro atoms. The van der Waals surface area contributed by atoms with Crippen molar-refractivity contribution < 1.29 is 18.0 Å². The Kier molecular flexibility index (Phi) is 9.57.